The van der Waals surface area contributed by atoms with E-state index in [-0.39, 0.29) is 0 Å². The Morgan fingerprint density at radius 1 is 1.14 bits per heavy atom. The molecule has 1 heterocycles. The van der Waals surface area contributed by atoms with Crippen molar-refractivity contribution in [3.05, 3.63) is 58.2 Å². The van der Waals surface area contributed by atoms with Gasteiger partial charge in [-0.3, -0.25) is 0 Å². The minimum Gasteiger partial charge on any atom is -0.473 e. The number of hydrogen-bond donors (Lipinski definition) is 1. The first-order valence-corrected chi connectivity index (χ1v) is 7.49. The van der Waals surface area contributed by atoms with Gasteiger partial charge in [0.2, 0.25) is 5.88 Å². The van der Waals surface area contributed by atoms with Gasteiger partial charge in [-0.1, -0.05) is 37.6 Å². The van der Waals surface area contributed by atoms with Crippen LogP contribution in [-0.2, 0) is 13.2 Å². The molecule has 2 aromatic rings. The van der Waals surface area contributed by atoms with E-state index in [1.165, 1.54) is 5.56 Å². The maximum atomic E-state index is 5.88. The minimum absolute atomic E-state index is 0.375. The van der Waals surface area contributed by atoms with Crippen molar-refractivity contribution in [2.75, 3.05) is 7.05 Å². The molecule has 21 heavy (non-hydrogen) atoms. The van der Waals surface area contributed by atoms with Crippen molar-refractivity contribution < 1.29 is 4.74 Å². The fourth-order valence-electron chi connectivity index (χ4n) is 2.00. The van der Waals surface area contributed by atoms with Gasteiger partial charge in [-0.25, -0.2) is 4.98 Å². The molecule has 0 saturated heterocycles. The van der Waals surface area contributed by atoms with E-state index in [2.05, 4.69) is 30.2 Å². The second kappa shape index (κ2) is 7.43. The molecule has 0 unspecified atom stereocenters. The monoisotopic (exact) mass is 304 g/mol. The third kappa shape index (κ3) is 4.73. The molecule has 0 bridgehead atoms. The van der Waals surface area contributed by atoms with Gasteiger partial charge in [-0.15, -0.1) is 0 Å². The van der Waals surface area contributed by atoms with Gasteiger partial charge in [-0.2, -0.15) is 0 Å². The molecule has 0 aliphatic carbocycles. The van der Waals surface area contributed by atoms with Crippen LogP contribution in [0.4, 0.5) is 0 Å². The van der Waals surface area contributed by atoms with Gasteiger partial charge in [0.25, 0.3) is 0 Å². The van der Waals surface area contributed by atoms with E-state index in [1.807, 2.05) is 37.4 Å². The first kappa shape index (κ1) is 15.8. The van der Waals surface area contributed by atoms with Crippen molar-refractivity contribution in [2.45, 2.75) is 32.9 Å². The van der Waals surface area contributed by atoms with E-state index >= 15 is 0 Å². The van der Waals surface area contributed by atoms with Gasteiger partial charge in [0, 0.05) is 23.3 Å². The van der Waals surface area contributed by atoms with Gasteiger partial charge < -0.3 is 10.1 Å². The van der Waals surface area contributed by atoms with Crippen LogP contribution >= 0.6 is 11.6 Å². The van der Waals surface area contributed by atoms with Crippen LogP contribution in [0.3, 0.4) is 0 Å². The largest absolute Gasteiger partial charge is 0.473 e. The Balaban J connectivity index is 2.12. The zero-order chi connectivity index (χ0) is 15.2. The summed E-state index contributed by atoms with van der Waals surface area (Å²) in [5.41, 5.74) is 3.31. The normalized spacial score (nSPS) is 10.9. The van der Waals surface area contributed by atoms with Crippen molar-refractivity contribution >= 4 is 11.6 Å². The first-order valence-electron chi connectivity index (χ1n) is 7.11. The molecule has 0 aliphatic heterocycles. The number of pyridine rings is 1. The van der Waals surface area contributed by atoms with Crippen LogP contribution in [0.5, 0.6) is 5.88 Å². The third-order valence-electron chi connectivity index (χ3n) is 3.15. The standard InChI is InChI=1S/C17H21ClN2O/c1-12(2)16-8-14(10-19-3)9-17(20-16)21-11-13-4-6-15(18)7-5-13/h4-9,12,19H,10-11H2,1-3H3. The van der Waals surface area contributed by atoms with Crippen molar-refractivity contribution in [3.63, 3.8) is 0 Å². The van der Waals surface area contributed by atoms with E-state index in [0.717, 1.165) is 22.8 Å². The number of ether oxygens (including phenoxy) is 1. The molecule has 0 aliphatic rings. The summed E-state index contributed by atoms with van der Waals surface area (Å²) >= 11 is 5.88. The molecule has 4 heteroatoms. The van der Waals surface area contributed by atoms with E-state index in [4.69, 9.17) is 16.3 Å². The summed E-state index contributed by atoms with van der Waals surface area (Å²) in [6, 6.07) is 11.8. The van der Waals surface area contributed by atoms with Crippen LogP contribution in [0.15, 0.2) is 36.4 Å². The van der Waals surface area contributed by atoms with E-state index in [0.29, 0.717) is 18.4 Å². The van der Waals surface area contributed by atoms with Gasteiger partial charge in [0.15, 0.2) is 0 Å². The molecule has 0 radical (unpaired) electrons. The number of hydrogen-bond acceptors (Lipinski definition) is 3. The van der Waals surface area contributed by atoms with Crippen LogP contribution < -0.4 is 10.1 Å². The molecule has 1 N–H and O–H groups in total. The van der Waals surface area contributed by atoms with Crippen LogP contribution in [0.1, 0.15) is 36.6 Å². The number of benzene rings is 1. The molecule has 1 aromatic carbocycles. The van der Waals surface area contributed by atoms with Crippen LogP contribution in [0, 0.1) is 0 Å². The first-order chi connectivity index (χ1) is 10.1. The highest BCUT2D eigenvalue weighted by Crippen LogP contribution is 2.20. The molecule has 0 fully saturated rings. The Kier molecular flexibility index (Phi) is 5.59. The van der Waals surface area contributed by atoms with Gasteiger partial charge >= 0.3 is 0 Å². The summed E-state index contributed by atoms with van der Waals surface area (Å²) in [6.45, 7) is 5.56. The third-order valence-corrected chi connectivity index (χ3v) is 3.41. The predicted molar refractivity (Wildman–Crippen MR) is 86.9 cm³/mol. The highest BCUT2D eigenvalue weighted by Gasteiger charge is 2.07. The molecular formula is C17H21ClN2O. The number of rotatable bonds is 6. The summed E-state index contributed by atoms with van der Waals surface area (Å²) in [5, 5.41) is 3.89. The Bertz CT molecular complexity index is 582. The molecule has 0 amide bonds. The van der Waals surface area contributed by atoms with E-state index in [9.17, 15) is 0 Å². The van der Waals surface area contributed by atoms with Crippen molar-refractivity contribution in [1.82, 2.24) is 10.3 Å². The fraction of sp³-hybridized carbons (Fsp3) is 0.353. The van der Waals surface area contributed by atoms with E-state index in [1.54, 1.807) is 0 Å². The molecule has 3 nitrogen and oxygen atoms in total. The summed E-state index contributed by atoms with van der Waals surface area (Å²) in [7, 11) is 1.93. The van der Waals surface area contributed by atoms with Gasteiger partial charge in [0.05, 0.1) is 0 Å². The molecular weight excluding hydrogens is 284 g/mol. The lowest BCUT2D eigenvalue weighted by atomic mass is 10.1. The molecule has 0 spiro atoms. The number of nitrogens with zero attached hydrogens (tertiary/aromatic N) is 1. The summed E-state index contributed by atoms with van der Waals surface area (Å²) in [6.07, 6.45) is 0. The van der Waals surface area contributed by atoms with Gasteiger partial charge in [-0.05, 0) is 42.3 Å². The Morgan fingerprint density at radius 3 is 2.48 bits per heavy atom. The molecule has 0 atom stereocenters. The minimum atomic E-state index is 0.375. The molecule has 0 saturated carbocycles. The zero-order valence-corrected chi connectivity index (χ0v) is 13.4. The van der Waals surface area contributed by atoms with E-state index < -0.39 is 0 Å². The number of halogens is 1. The fourth-order valence-corrected chi connectivity index (χ4v) is 2.12. The number of nitrogens with one attached hydrogen (secondary N) is 1. The SMILES string of the molecule is CNCc1cc(OCc2ccc(Cl)cc2)nc(C(C)C)c1. The average Bonchev–Trinajstić information content (AvgIpc) is 2.47. The number of aromatic nitrogens is 1. The topological polar surface area (TPSA) is 34.1 Å². The Labute approximate surface area is 131 Å². The molecule has 1 aromatic heterocycles. The van der Waals surface area contributed by atoms with Crippen LogP contribution in [-0.4, -0.2) is 12.0 Å². The Morgan fingerprint density at radius 2 is 1.86 bits per heavy atom. The second-order valence-electron chi connectivity index (χ2n) is 5.34. The summed E-state index contributed by atoms with van der Waals surface area (Å²) in [5.74, 6) is 1.04. The maximum Gasteiger partial charge on any atom is 0.214 e. The Hall–Kier alpha value is -1.58. The second-order valence-corrected chi connectivity index (χ2v) is 5.78. The summed E-state index contributed by atoms with van der Waals surface area (Å²) in [4.78, 5) is 4.57. The maximum absolute atomic E-state index is 5.88. The average molecular weight is 305 g/mol. The molecule has 112 valence electrons. The predicted octanol–water partition coefficient (Wildman–Crippen LogP) is 4.16. The highest BCUT2D eigenvalue weighted by molar-refractivity contribution is 6.30. The van der Waals surface area contributed by atoms with Crippen molar-refractivity contribution in [1.29, 1.82) is 0 Å². The van der Waals surface area contributed by atoms with Crippen LogP contribution in [0.25, 0.3) is 0 Å². The quantitative estimate of drug-likeness (QED) is 0.870. The summed E-state index contributed by atoms with van der Waals surface area (Å²) < 4.78 is 5.83. The smallest absolute Gasteiger partial charge is 0.214 e. The lowest BCUT2D eigenvalue weighted by Gasteiger charge is -2.12. The van der Waals surface area contributed by atoms with Crippen LogP contribution in [0.2, 0.25) is 5.02 Å². The lowest BCUT2D eigenvalue weighted by Crippen LogP contribution is -2.08. The zero-order valence-electron chi connectivity index (χ0n) is 12.7. The van der Waals surface area contributed by atoms with Gasteiger partial charge in [0.1, 0.15) is 6.61 Å². The highest BCUT2D eigenvalue weighted by atomic mass is 35.5. The molecule has 2 rings (SSSR count). The lowest BCUT2D eigenvalue weighted by molar-refractivity contribution is 0.292. The van der Waals surface area contributed by atoms with Crippen molar-refractivity contribution in [3.8, 4) is 5.88 Å². The van der Waals surface area contributed by atoms with Crippen molar-refractivity contribution in [2.24, 2.45) is 0 Å².